The SMILES string of the molecule is Cl.c1ccc(Cc2ccccc2OC2CCNC2)cc1. The summed E-state index contributed by atoms with van der Waals surface area (Å²) in [5, 5.41) is 3.34. The highest BCUT2D eigenvalue weighted by Gasteiger charge is 2.17. The summed E-state index contributed by atoms with van der Waals surface area (Å²) in [5.41, 5.74) is 2.59. The van der Waals surface area contributed by atoms with Crippen molar-refractivity contribution < 1.29 is 4.74 Å². The molecule has 1 atom stereocenters. The van der Waals surface area contributed by atoms with Crippen LogP contribution in [-0.2, 0) is 6.42 Å². The van der Waals surface area contributed by atoms with Gasteiger partial charge < -0.3 is 10.1 Å². The quantitative estimate of drug-likeness (QED) is 0.931. The first-order chi connectivity index (χ1) is 9.42. The van der Waals surface area contributed by atoms with Crippen LogP contribution in [0.15, 0.2) is 54.6 Å². The number of para-hydroxylation sites is 1. The lowest BCUT2D eigenvalue weighted by Gasteiger charge is -2.16. The average Bonchev–Trinajstić information content (AvgIpc) is 2.95. The zero-order valence-corrected chi connectivity index (χ0v) is 12.2. The smallest absolute Gasteiger partial charge is 0.123 e. The molecule has 106 valence electrons. The fourth-order valence-corrected chi connectivity index (χ4v) is 2.49. The maximum Gasteiger partial charge on any atom is 0.123 e. The van der Waals surface area contributed by atoms with Crippen LogP contribution in [0.3, 0.4) is 0 Å². The Hall–Kier alpha value is -1.51. The van der Waals surface area contributed by atoms with Gasteiger partial charge in [-0.3, -0.25) is 0 Å². The first kappa shape index (κ1) is 14.9. The summed E-state index contributed by atoms with van der Waals surface area (Å²) in [7, 11) is 0. The highest BCUT2D eigenvalue weighted by atomic mass is 35.5. The summed E-state index contributed by atoms with van der Waals surface area (Å²) in [6.45, 7) is 2.02. The van der Waals surface area contributed by atoms with Crippen LogP contribution in [0.2, 0.25) is 0 Å². The summed E-state index contributed by atoms with van der Waals surface area (Å²) < 4.78 is 6.12. The van der Waals surface area contributed by atoms with E-state index in [4.69, 9.17) is 4.74 Å². The Labute approximate surface area is 126 Å². The molecule has 2 aromatic rings. The number of hydrogen-bond donors (Lipinski definition) is 1. The summed E-state index contributed by atoms with van der Waals surface area (Å²) in [4.78, 5) is 0. The third-order valence-electron chi connectivity index (χ3n) is 3.52. The van der Waals surface area contributed by atoms with Crippen molar-refractivity contribution in [3.63, 3.8) is 0 Å². The predicted octanol–water partition coefficient (Wildman–Crippen LogP) is 3.44. The number of benzene rings is 2. The molecule has 0 bridgehead atoms. The van der Waals surface area contributed by atoms with E-state index >= 15 is 0 Å². The van der Waals surface area contributed by atoms with Gasteiger partial charge in [0.1, 0.15) is 11.9 Å². The predicted molar refractivity (Wildman–Crippen MR) is 84.8 cm³/mol. The lowest BCUT2D eigenvalue weighted by atomic mass is 10.0. The Bertz CT molecular complexity index is 524. The van der Waals surface area contributed by atoms with Crippen LogP contribution < -0.4 is 10.1 Å². The van der Waals surface area contributed by atoms with Crippen LogP contribution in [0.4, 0.5) is 0 Å². The van der Waals surface area contributed by atoms with Gasteiger partial charge in [-0.25, -0.2) is 0 Å². The van der Waals surface area contributed by atoms with E-state index in [2.05, 4.69) is 53.8 Å². The Balaban J connectivity index is 0.00000147. The van der Waals surface area contributed by atoms with Crippen LogP contribution in [0.25, 0.3) is 0 Å². The molecule has 2 aromatic carbocycles. The van der Waals surface area contributed by atoms with Gasteiger partial charge in [-0.05, 0) is 30.2 Å². The van der Waals surface area contributed by atoms with Gasteiger partial charge in [0, 0.05) is 13.0 Å². The van der Waals surface area contributed by atoms with Gasteiger partial charge in [-0.15, -0.1) is 12.4 Å². The molecule has 1 aliphatic rings. The molecule has 1 aliphatic heterocycles. The van der Waals surface area contributed by atoms with E-state index in [0.29, 0.717) is 6.10 Å². The number of ether oxygens (including phenoxy) is 1. The minimum absolute atomic E-state index is 0. The Kier molecular flexibility index (Phi) is 5.45. The minimum Gasteiger partial charge on any atom is -0.489 e. The molecule has 1 fully saturated rings. The largest absolute Gasteiger partial charge is 0.489 e. The van der Waals surface area contributed by atoms with E-state index in [1.54, 1.807) is 0 Å². The van der Waals surface area contributed by atoms with Crippen molar-refractivity contribution >= 4 is 12.4 Å². The number of rotatable bonds is 4. The van der Waals surface area contributed by atoms with Gasteiger partial charge in [0.05, 0.1) is 0 Å². The van der Waals surface area contributed by atoms with Crippen LogP contribution in [0.1, 0.15) is 17.5 Å². The maximum atomic E-state index is 6.12. The molecular weight excluding hydrogens is 270 g/mol. The molecule has 3 heteroatoms. The molecule has 3 rings (SSSR count). The van der Waals surface area contributed by atoms with Gasteiger partial charge >= 0.3 is 0 Å². The van der Waals surface area contributed by atoms with Crippen molar-refractivity contribution in [2.75, 3.05) is 13.1 Å². The molecule has 20 heavy (non-hydrogen) atoms. The van der Waals surface area contributed by atoms with Gasteiger partial charge in [-0.1, -0.05) is 48.5 Å². The number of hydrogen-bond acceptors (Lipinski definition) is 2. The highest BCUT2D eigenvalue weighted by Crippen LogP contribution is 2.23. The fraction of sp³-hybridized carbons (Fsp3) is 0.294. The lowest BCUT2D eigenvalue weighted by molar-refractivity contribution is 0.221. The first-order valence-corrected chi connectivity index (χ1v) is 6.91. The maximum absolute atomic E-state index is 6.12. The van der Waals surface area contributed by atoms with Gasteiger partial charge in [0.15, 0.2) is 0 Å². The zero-order chi connectivity index (χ0) is 12.9. The van der Waals surface area contributed by atoms with Crippen molar-refractivity contribution in [3.05, 3.63) is 65.7 Å². The Morgan fingerprint density at radius 2 is 1.75 bits per heavy atom. The minimum atomic E-state index is 0. The summed E-state index contributed by atoms with van der Waals surface area (Å²) in [6, 6.07) is 18.9. The summed E-state index contributed by atoms with van der Waals surface area (Å²) >= 11 is 0. The Morgan fingerprint density at radius 3 is 2.50 bits per heavy atom. The average molecular weight is 290 g/mol. The van der Waals surface area contributed by atoms with E-state index in [-0.39, 0.29) is 12.4 Å². The van der Waals surface area contributed by atoms with Crippen LogP contribution in [0, 0.1) is 0 Å². The van der Waals surface area contributed by atoms with Gasteiger partial charge in [0.2, 0.25) is 0 Å². The molecule has 1 N–H and O–H groups in total. The second-order valence-corrected chi connectivity index (χ2v) is 5.00. The molecule has 0 aliphatic carbocycles. The van der Waals surface area contributed by atoms with Gasteiger partial charge in [-0.2, -0.15) is 0 Å². The fourth-order valence-electron chi connectivity index (χ4n) is 2.49. The standard InChI is InChI=1S/C17H19NO.ClH/c1-2-6-14(7-3-1)12-15-8-4-5-9-17(15)19-16-10-11-18-13-16;/h1-9,16,18H,10-13H2;1H. The lowest BCUT2D eigenvalue weighted by Crippen LogP contribution is -2.20. The van der Waals surface area contributed by atoms with Crippen LogP contribution in [-0.4, -0.2) is 19.2 Å². The van der Waals surface area contributed by atoms with E-state index in [0.717, 1.165) is 31.7 Å². The molecule has 1 saturated heterocycles. The molecule has 0 amide bonds. The van der Waals surface area contributed by atoms with Crippen molar-refractivity contribution in [1.82, 2.24) is 5.32 Å². The second kappa shape index (κ2) is 7.32. The zero-order valence-electron chi connectivity index (χ0n) is 11.4. The topological polar surface area (TPSA) is 21.3 Å². The van der Waals surface area contributed by atoms with Crippen molar-refractivity contribution in [1.29, 1.82) is 0 Å². The van der Waals surface area contributed by atoms with Crippen molar-refractivity contribution in [2.24, 2.45) is 0 Å². The molecule has 0 radical (unpaired) electrons. The molecule has 2 nitrogen and oxygen atoms in total. The van der Waals surface area contributed by atoms with E-state index < -0.39 is 0 Å². The molecule has 0 spiro atoms. The highest BCUT2D eigenvalue weighted by molar-refractivity contribution is 5.85. The number of nitrogens with one attached hydrogen (secondary N) is 1. The molecule has 1 heterocycles. The number of halogens is 1. The van der Waals surface area contributed by atoms with E-state index in [9.17, 15) is 0 Å². The van der Waals surface area contributed by atoms with E-state index in [1.807, 2.05) is 6.07 Å². The van der Waals surface area contributed by atoms with Crippen LogP contribution in [0.5, 0.6) is 5.75 Å². The molecule has 0 aromatic heterocycles. The molecular formula is C17H20ClNO. The monoisotopic (exact) mass is 289 g/mol. The third kappa shape index (κ3) is 3.75. The van der Waals surface area contributed by atoms with Crippen molar-refractivity contribution in [3.8, 4) is 5.75 Å². The molecule has 1 unspecified atom stereocenters. The summed E-state index contributed by atoms with van der Waals surface area (Å²) in [5.74, 6) is 1.03. The van der Waals surface area contributed by atoms with Crippen molar-refractivity contribution in [2.45, 2.75) is 18.9 Å². The molecule has 0 saturated carbocycles. The van der Waals surface area contributed by atoms with Gasteiger partial charge in [0.25, 0.3) is 0 Å². The third-order valence-corrected chi connectivity index (χ3v) is 3.52. The van der Waals surface area contributed by atoms with E-state index in [1.165, 1.54) is 11.1 Å². The first-order valence-electron chi connectivity index (χ1n) is 6.91. The second-order valence-electron chi connectivity index (χ2n) is 5.00. The van der Waals surface area contributed by atoms with Crippen LogP contribution >= 0.6 is 12.4 Å². The summed E-state index contributed by atoms with van der Waals surface area (Å²) in [6.07, 6.45) is 2.34. The Morgan fingerprint density at radius 1 is 1.00 bits per heavy atom. The normalized spacial score (nSPS) is 17.5.